The van der Waals surface area contributed by atoms with Gasteiger partial charge in [-0.3, -0.25) is 4.79 Å². The molecule has 0 bridgehead atoms. The van der Waals surface area contributed by atoms with E-state index < -0.39 is 54.5 Å². The van der Waals surface area contributed by atoms with Crippen LogP contribution >= 0.6 is 0 Å². The maximum absolute atomic E-state index is 13.8. The summed E-state index contributed by atoms with van der Waals surface area (Å²) in [6.07, 6.45) is -3.34. The van der Waals surface area contributed by atoms with Crippen LogP contribution in [0.4, 0.5) is 22.0 Å². The van der Waals surface area contributed by atoms with Crippen LogP contribution in [0.1, 0.15) is 90.2 Å². The van der Waals surface area contributed by atoms with Gasteiger partial charge in [-0.2, -0.15) is 13.2 Å². The Labute approximate surface area is 284 Å². The predicted octanol–water partition coefficient (Wildman–Crippen LogP) is 7.80. The average Bonchev–Trinajstić information content (AvgIpc) is 3.70. The molecule has 2 aliphatic rings. The fraction of sp³-hybridized carbons (Fsp3) is 0.758. The Bertz CT molecular complexity index is 1410. The highest BCUT2D eigenvalue weighted by molar-refractivity contribution is 7.90. The van der Waals surface area contributed by atoms with Gasteiger partial charge < -0.3 is 23.9 Å². The molecule has 1 aromatic carbocycles. The maximum Gasteiger partial charge on any atom is 0.416 e. The normalized spacial score (nSPS) is 19.6. The lowest BCUT2D eigenvalue weighted by Crippen LogP contribution is -2.47. The summed E-state index contributed by atoms with van der Waals surface area (Å²) in [5.41, 5.74) is -0.495. The lowest BCUT2D eigenvalue weighted by molar-refractivity contribution is -0.265. The third kappa shape index (κ3) is 10.4. The Balaban J connectivity index is 1.68. The van der Waals surface area contributed by atoms with E-state index in [1.807, 2.05) is 18.2 Å². The average molecular weight is 723 g/mol. The number of benzene rings is 1. The van der Waals surface area contributed by atoms with Crippen molar-refractivity contribution in [1.29, 1.82) is 0 Å². The first-order chi connectivity index (χ1) is 22.0. The smallest absolute Gasteiger partial charge is 0.416 e. The number of aromatic nitrogens is 2. The number of alkyl halides is 5. The molecule has 2 aromatic rings. The molecule has 2 fully saturated rings. The molecule has 48 heavy (non-hydrogen) atoms. The highest BCUT2D eigenvalue weighted by atomic mass is 32.2. The number of nitrogens with one attached hydrogen (secondary N) is 2. The van der Waals surface area contributed by atoms with E-state index in [-0.39, 0.29) is 49.8 Å². The quantitative estimate of drug-likeness (QED) is 0.0794. The first-order valence-electron chi connectivity index (χ1n) is 16.6. The Morgan fingerprint density at radius 2 is 1.79 bits per heavy atom. The molecule has 1 amide bonds. The summed E-state index contributed by atoms with van der Waals surface area (Å²) in [6, 6.07) is 5.14. The minimum atomic E-state index is -4.64. The van der Waals surface area contributed by atoms with E-state index in [4.69, 9.17) is 14.5 Å². The van der Waals surface area contributed by atoms with Crippen LogP contribution in [0.25, 0.3) is 11.0 Å². The van der Waals surface area contributed by atoms with Crippen molar-refractivity contribution < 1.29 is 40.8 Å². The molecule has 1 heterocycles. The molecule has 0 aliphatic heterocycles. The van der Waals surface area contributed by atoms with Crippen molar-refractivity contribution in [1.82, 2.24) is 19.6 Å². The van der Waals surface area contributed by atoms with E-state index in [0.29, 0.717) is 23.5 Å². The fourth-order valence-electron chi connectivity index (χ4n) is 5.46. The van der Waals surface area contributed by atoms with Crippen LogP contribution < -0.4 is 10.0 Å². The lowest BCUT2D eigenvalue weighted by atomic mass is 9.79. The van der Waals surface area contributed by atoms with Crippen molar-refractivity contribution in [3.63, 3.8) is 0 Å². The number of fused-ring (bicyclic) bond motifs is 1. The molecular weight excluding hydrogens is 672 g/mol. The molecule has 272 valence electrons. The summed E-state index contributed by atoms with van der Waals surface area (Å²) in [6.45, 7) is 13.9. The van der Waals surface area contributed by atoms with Gasteiger partial charge in [0.2, 0.25) is 11.8 Å². The third-order valence-electron chi connectivity index (χ3n) is 8.85. The van der Waals surface area contributed by atoms with E-state index in [0.717, 1.165) is 38.3 Å². The van der Waals surface area contributed by atoms with Gasteiger partial charge in [-0.25, -0.2) is 13.8 Å². The topological polar surface area (TPSA) is 100 Å². The van der Waals surface area contributed by atoms with Crippen LogP contribution in [-0.2, 0) is 32.4 Å². The number of nitrogens with zero attached hydrogens (tertiary/aromatic N) is 2. The van der Waals surface area contributed by atoms with Crippen molar-refractivity contribution in [2.24, 2.45) is 11.8 Å². The number of carbonyl (C=O) groups excluding carboxylic acids is 1. The zero-order valence-corrected chi connectivity index (χ0v) is 31.0. The number of hydrogen-bond donors (Lipinski definition) is 2. The molecule has 2 aliphatic carbocycles. The minimum Gasteiger partial charge on any atom is -0.598 e. The van der Waals surface area contributed by atoms with Crippen LogP contribution in [-0.4, -0.2) is 63.7 Å². The molecule has 2 N–H and O–H groups in total. The van der Waals surface area contributed by atoms with E-state index in [9.17, 15) is 31.3 Å². The monoisotopic (exact) mass is 722 g/mol. The van der Waals surface area contributed by atoms with Crippen molar-refractivity contribution in [2.75, 3.05) is 13.2 Å². The number of halogens is 5. The molecule has 8 nitrogen and oxygen atoms in total. The van der Waals surface area contributed by atoms with Crippen LogP contribution in [0.2, 0.25) is 25.7 Å². The van der Waals surface area contributed by atoms with Crippen LogP contribution in [0, 0.1) is 11.8 Å². The molecule has 4 rings (SSSR count). The van der Waals surface area contributed by atoms with E-state index in [2.05, 4.69) is 29.7 Å². The largest absolute Gasteiger partial charge is 0.598 e. The van der Waals surface area contributed by atoms with Crippen LogP contribution in [0.5, 0.6) is 0 Å². The van der Waals surface area contributed by atoms with Gasteiger partial charge in [0.25, 0.3) is 0 Å². The molecular formula is C33H51F5N4O4SSi. The Kier molecular flexibility index (Phi) is 11.7. The van der Waals surface area contributed by atoms with Gasteiger partial charge in [-0.15, -0.1) is 4.72 Å². The van der Waals surface area contributed by atoms with Gasteiger partial charge in [0, 0.05) is 45.3 Å². The van der Waals surface area contributed by atoms with Gasteiger partial charge in [0.15, 0.2) is 5.60 Å². The number of ether oxygens (including phenoxy) is 2. The second-order valence-electron chi connectivity index (χ2n) is 16.1. The van der Waals surface area contributed by atoms with E-state index >= 15 is 0 Å². The predicted molar refractivity (Wildman–Crippen MR) is 180 cm³/mol. The highest BCUT2D eigenvalue weighted by Crippen LogP contribution is 2.45. The van der Waals surface area contributed by atoms with Gasteiger partial charge in [-0.05, 0) is 83.0 Å². The maximum atomic E-state index is 13.8. The molecule has 3 atom stereocenters. The molecule has 15 heteroatoms. The number of hydrogen-bond acceptors (Lipinski definition) is 6. The number of imidazole rings is 1. The van der Waals surface area contributed by atoms with Crippen molar-refractivity contribution in [2.45, 2.75) is 134 Å². The zero-order chi connectivity index (χ0) is 35.9. The van der Waals surface area contributed by atoms with Gasteiger partial charge in [0.05, 0.1) is 23.7 Å². The first kappa shape index (κ1) is 39.0. The first-order valence-corrected chi connectivity index (χ1v) is 21.5. The molecule has 0 radical (unpaired) electrons. The minimum absolute atomic E-state index is 0.0428. The van der Waals surface area contributed by atoms with Gasteiger partial charge in [-0.1, -0.05) is 25.7 Å². The van der Waals surface area contributed by atoms with E-state index in [1.54, 1.807) is 25.3 Å². The van der Waals surface area contributed by atoms with Crippen LogP contribution in [0.3, 0.4) is 0 Å². The fourth-order valence-corrected chi connectivity index (χ4v) is 7.00. The second kappa shape index (κ2) is 14.5. The molecule has 0 unspecified atom stereocenters. The Hall–Kier alpha value is -1.78. The number of amides is 1. The second-order valence-corrected chi connectivity index (χ2v) is 23.7. The lowest BCUT2D eigenvalue weighted by Gasteiger charge is -2.34. The highest BCUT2D eigenvalue weighted by Gasteiger charge is 2.49. The summed E-state index contributed by atoms with van der Waals surface area (Å²) in [5.74, 6) is -2.80. The van der Waals surface area contributed by atoms with E-state index in [1.165, 1.54) is 0 Å². The standard InChI is InChI=1S/C33H51F5N4O4SSi/c1-30(2,3)47(44)41-25(19-46-31(4,5)33(36,37)38)29-39-24-16-23(11-12-26(24)42(29)20-45-13-14-48(6,7)8)28(22-9-10-22)40-27(43)15-21-17-32(34,35)18-21/h11-12,16,21-22,25,28,41H,9-10,13-15,17-20H2,1-8H3,(H,40,43)/t25-,28+,47+/m0/s1. The van der Waals surface area contributed by atoms with Gasteiger partial charge in [0.1, 0.15) is 23.3 Å². The zero-order valence-electron chi connectivity index (χ0n) is 29.2. The third-order valence-corrected chi connectivity index (χ3v) is 12.2. The molecule has 1 aromatic heterocycles. The SMILES string of the molecule is CC(C)(C)[S@@+]([O-])N[C@@H](COC(C)(C)C(F)(F)F)c1nc2cc([C@H](NC(=O)CC3CC(F)(F)C3)C3CC3)ccc2n1COCC[Si](C)(C)C. The summed E-state index contributed by atoms with van der Waals surface area (Å²) in [4.78, 5) is 17.8. The Morgan fingerprint density at radius 3 is 2.33 bits per heavy atom. The molecule has 0 saturated heterocycles. The summed E-state index contributed by atoms with van der Waals surface area (Å²) in [5, 5.41) is 3.06. The van der Waals surface area contributed by atoms with Crippen molar-refractivity contribution in [3.05, 3.63) is 29.6 Å². The summed E-state index contributed by atoms with van der Waals surface area (Å²) < 4.78 is 96.9. The Morgan fingerprint density at radius 1 is 1.15 bits per heavy atom. The van der Waals surface area contributed by atoms with Crippen LogP contribution in [0.15, 0.2) is 18.2 Å². The number of carbonyl (C=O) groups is 1. The van der Waals surface area contributed by atoms with Crippen molar-refractivity contribution >= 4 is 36.4 Å². The molecule has 2 saturated carbocycles. The summed E-state index contributed by atoms with van der Waals surface area (Å²) >= 11 is -1.68. The molecule has 0 spiro atoms. The number of rotatable bonds is 16. The summed E-state index contributed by atoms with van der Waals surface area (Å²) in [7, 11) is -1.42. The van der Waals surface area contributed by atoms with Gasteiger partial charge >= 0.3 is 6.18 Å². The van der Waals surface area contributed by atoms with Crippen molar-refractivity contribution in [3.8, 4) is 0 Å².